The van der Waals surface area contributed by atoms with Crippen molar-refractivity contribution < 1.29 is 24.5 Å². The van der Waals surface area contributed by atoms with Crippen molar-refractivity contribution in [2.45, 2.75) is 469 Å². The molecular weight excluding hydrogens is 1020 g/mol. The quantitative estimate of drug-likeness (QED) is 0.0417. The summed E-state index contributed by atoms with van der Waals surface area (Å²) in [6.45, 7) is 5.01. The van der Waals surface area contributed by atoms with E-state index in [9.17, 15) is 19.8 Å². The lowest BCUT2D eigenvalue weighted by atomic mass is 10.0. The van der Waals surface area contributed by atoms with Gasteiger partial charge in [0.15, 0.2) is 0 Å². The molecule has 0 bridgehead atoms. The molecule has 0 saturated heterocycles. The molecule has 0 rings (SSSR count). The van der Waals surface area contributed by atoms with Crippen molar-refractivity contribution >= 4 is 11.9 Å². The van der Waals surface area contributed by atoms with E-state index in [0.29, 0.717) is 25.9 Å². The molecule has 0 saturated carbocycles. The Labute approximate surface area is 521 Å². The lowest BCUT2D eigenvalue weighted by molar-refractivity contribution is -0.143. The van der Waals surface area contributed by atoms with Crippen LogP contribution in [0.4, 0.5) is 0 Å². The lowest BCUT2D eigenvalue weighted by Gasteiger charge is -2.22. The van der Waals surface area contributed by atoms with Crippen LogP contribution in [0.25, 0.3) is 0 Å². The molecule has 496 valence electrons. The first-order valence-corrected chi connectivity index (χ1v) is 38.8. The average molecular weight is 1170 g/mol. The Morgan fingerprint density at radius 2 is 0.494 bits per heavy atom. The Bertz CT molecular complexity index is 1210. The van der Waals surface area contributed by atoms with E-state index < -0.39 is 12.1 Å². The normalized spacial score (nSPS) is 12.4. The second-order valence-electron chi connectivity index (χ2n) is 27.1. The summed E-state index contributed by atoms with van der Waals surface area (Å²) in [5, 5.41) is 23.5. The topological polar surface area (TPSA) is 95.9 Å². The van der Waals surface area contributed by atoms with Crippen LogP contribution in [0.3, 0.4) is 0 Å². The summed E-state index contributed by atoms with van der Waals surface area (Å²) in [5.41, 5.74) is 0. The highest BCUT2D eigenvalue weighted by Gasteiger charge is 2.20. The number of carbonyl (C=O) groups excluding carboxylic acids is 2. The van der Waals surface area contributed by atoms with E-state index >= 15 is 0 Å². The van der Waals surface area contributed by atoms with Crippen LogP contribution in [-0.2, 0) is 14.3 Å². The zero-order valence-electron chi connectivity index (χ0n) is 57.0. The Balaban J connectivity index is 3.33. The average Bonchev–Trinajstić information content (AvgIpc) is 3.49. The third-order valence-corrected chi connectivity index (χ3v) is 18.7. The highest BCUT2D eigenvalue weighted by Crippen LogP contribution is 2.20. The molecule has 3 N–H and O–H groups in total. The van der Waals surface area contributed by atoms with Crippen molar-refractivity contribution in [2.24, 2.45) is 0 Å². The summed E-state index contributed by atoms with van der Waals surface area (Å²) >= 11 is 0. The largest absolute Gasteiger partial charge is 0.466 e. The van der Waals surface area contributed by atoms with Gasteiger partial charge < -0.3 is 20.3 Å². The lowest BCUT2D eigenvalue weighted by Crippen LogP contribution is -2.45. The van der Waals surface area contributed by atoms with E-state index in [0.717, 1.165) is 38.5 Å². The van der Waals surface area contributed by atoms with Gasteiger partial charge >= 0.3 is 5.97 Å². The van der Waals surface area contributed by atoms with Gasteiger partial charge in [-0.15, -0.1) is 0 Å². The van der Waals surface area contributed by atoms with Crippen molar-refractivity contribution in [1.29, 1.82) is 0 Å². The fourth-order valence-corrected chi connectivity index (χ4v) is 12.8. The molecule has 1 amide bonds. The Kier molecular flexibility index (Phi) is 72.3. The number of amides is 1. The molecular formula is C77H153NO5. The molecule has 0 radical (unpaired) electrons. The van der Waals surface area contributed by atoms with Gasteiger partial charge in [0.25, 0.3) is 0 Å². The molecule has 0 aromatic carbocycles. The van der Waals surface area contributed by atoms with Gasteiger partial charge in [0.05, 0.1) is 25.4 Å². The summed E-state index contributed by atoms with van der Waals surface area (Å²) in [7, 11) is 0. The minimum atomic E-state index is -0.662. The van der Waals surface area contributed by atoms with Gasteiger partial charge in [0.2, 0.25) is 5.91 Å². The number of aliphatic hydroxyl groups excluding tert-OH is 2. The summed E-state index contributed by atoms with van der Waals surface area (Å²) in [5.74, 6) is -0.00161. The van der Waals surface area contributed by atoms with Crippen LogP contribution in [0.1, 0.15) is 457 Å². The molecule has 0 aliphatic heterocycles. The minimum absolute atomic E-state index is 0.0228. The van der Waals surface area contributed by atoms with Gasteiger partial charge in [-0.2, -0.15) is 0 Å². The van der Waals surface area contributed by atoms with E-state index in [1.54, 1.807) is 0 Å². The maximum Gasteiger partial charge on any atom is 0.305 e. The van der Waals surface area contributed by atoms with E-state index in [1.165, 1.54) is 385 Å². The molecule has 0 heterocycles. The maximum atomic E-state index is 12.6. The first-order chi connectivity index (χ1) is 41.0. The molecule has 2 atom stereocenters. The van der Waals surface area contributed by atoms with Crippen molar-refractivity contribution in [3.8, 4) is 0 Å². The Morgan fingerprint density at radius 3 is 0.735 bits per heavy atom. The van der Waals surface area contributed by atoms with E-state index in [4.69, 9.17) is 4.74 Å². The van der Waals surface area contributed by atoms with Gasteiger partial charge in [-0.25, -0.2) is 0 Å². The minimum Gasteiger partial charge on any atom is -0.466 e. The number of ether oxygens (including phenoxy) is 1. The number of unbranched alkanes of at least 4 members (excludes halogenated alkanes) is 63. The van der Waals surface area contributed by atoms with E-state index in [1.807, 2.05) is 0 Å². The number of esters is 1. The molecule has 0 aromatic heterocycles. The molecule has 0 aliphatic carbocycles. The van der Waals surface area contributed by atoms with E-state index in [-0.39, 0.29) is 18.5 Å². The van der Waals surface area contributed by atoms with Crippen LogP contribution in [0.5, 0.6) is 0 Å². The van der Waals surface area contributed by atoms with Crippen LogP contribution < -0.4 is 5.32 Å². The number of rotatable bonds is 74. The highest BCUT2D eigenvalue weighted by atomic mass is 16.5. The maximum absolute atomic E-state index is 12.6. The van der Waals surface area contributed by atoms with Gasteiger partial charge in [0.1, 0.15) is 0 Å². The summed E-state index contributed by atoms with van der Waals surface area (Å²) in [4.78, 5) is 24.6. The number of hydrogen-bond acceptors (Lipinski definition) is 5. The Hall–Kier alpha value is -1.14. The second-order valence-corrected chi connectivity index (χ2v) is 27.1. The predicted molar refractivity (Wildman–Crippen MR) is 366 cm³/mol. The van der Waals surface area contributed by atoms with Gasteiger partial charge in [-0.1, -0.05) is 418 Å². The molecule has 83 heavy (non-hydrogen) atoms. The van der Waals surface area contributed by atoms with Crippen molar-refractivity contribution in [3.05, 3.63) is 0 Å². The zero-order chi connectivity index (χ0) is 59.9. The van der Waals surface area contributed by atoms with Crippen molar-refractivity contribution in [3.63, 3.8) is 0 Å². The molecule has 2 unspecified atom stereocenters. The van der Waals surface area contributed by atoms with Crippen molar-refractivity contribution in [1.82, 2.24) is 5.32 Å². The number of aliphatic hydroxyl groups is 2. The smallest absolute Gasteiger partial charge is 0.305 e. The number of hydrogen-bond donors (Lipinski definition) is 3. The fraction of sp³-hybridized carbons (Fsp3) is 0.974. The molecule has 0 aliphatic rings. The number of carbonyl (C=O) groups is 2. The summed E-state index contributed by atoms with van der Waals surface area (Å²) in [6, 6.07) is -0.538. The molecule has 0 fully saturated rings. The van der Waals surface area contributed by atoms with E-state index in [2.05, 4.69) is 19.2 Å². The molecule has 6 heteroatoms. The third kappa shape index (κ3) is 69.8. The second kappa shape index (κ2) is 73.3. The number of nitrogens with one attached hydrogen (secondary N) is 1. The van der Waals surface area contributed by atoms with Crippen molar-refractivity contribution in [2.75, 3.05) is 13.2 Å². The van der Waals surface area contributed by atoms with Crippen LogP contribution >= 0.6 is 0 Å². The summed E-state index contributed by atoms with van der Waals surface area (Å²) < 4.78 is 5.49. The molecule has 6 nitrogen and oxygen atoms in total. The SMILES string of the molecule is CCCCCCCCCCCCCCCCCCCCCCCCCC(O)C(CO)NC(=O)CCCCCCCCCCCCCCCCCCCCCCCCCCCCCCCCCOC(=O)CCCCCCCCCCCCCC. The predicted octanol–water partition coefficient (Wildman–Crippen LogP) is 25.3. The summed E-state index contributed by atoms with van der Waals surface area (Å²) in [6.07, 6.45) is 90.5. The van der Waals surface area contributed by atoms with Crippen LogP contribution in [-0.4, -0.2) is 47.4 Å². The molecule has 0 spiro atoms. The Morgan fingerprint density at radius 1 is 0.289 bits per heavy atom. The first kappa shape index (κ1) is 81.9. The first-order valence-electron chi connectivity index (χ1n) is 38.8. The molecule has 0 aromatic rings. The third-order valence-electron chi connectivity index (χ3n) is 18.7. The standard InChI is InChI=1S/C77H153NO5/c1-3-5-7-9-11-13-15-17-18-19-20-21-31-34-37-40-43-46-49-53-57-61-65-69-75(80)74(73-79)78-76(81)70-66-62-58-54-50-47-44-41-38-35-32-29-27-25-23-22-24-26-28-30-33-36-39-42-45-48-52-56-60-64-68-72-83-77(82)71-67-63-59-55-51-16-14-12-10-8-6-4-2/h74-75,79-80H,3-73H2,1-2H3,(H,78,81). The van der Waals surface area contributed by atoms with Gasteiger partial charge in [-0.05, 0) is 25.7 Å². The monoisotopic (exact) mass is 1170 g/mol. The van der Waals surface area contributed by atoms with Gasteiger partial charge in [-0.3, -0.25) is 9.59 Å². The van der Waals surface area contributed by atoms with Crippen LogP contribution in [0.2, 0.25) is 0 Å². The zero-order valence-corrected chi connectivity index (χ0v) is 57.0. The van der Waals surface area contributed by atoms with Crippen LogP contribution in [0, 0.1) is 0 Å². The van der Waals surface area contributed by atoms with Gasteiger partial charge in [0, 0.05) is 12.8 Å². The van der Waals surface area contributed by atoms with Crippen LogP contribution in [0.15, 0.2) is 0 Å². The highest BCUT2D eigenvalue weighted by molar-refractivity contribution is 5.76. The fourth-order valence-electron chi connectivity index (χ4n) is 12.8.